The van der Waals surface area contributed by atoms with Crippen molar-refractivity contribution in [3.63, 3.8) is 0 Å². The highest BCUT2D eigenvalue weighted by Crippen LogP contribution is 2.22. The molecule has 0 atom stereocenters. The molecule has 1 aromatic heterocycles. The molecule has 1 saturated heterocycles. The maximum absolute atomic E-state index is 13.7. The molecule has 1 aliphatic rings. The average Bonchev–Trinajstić information content (AvgIpc) is 3.00. The molecule has 2 heterocycles. The van der Waals surface area contributed by atoms with E-state index >= 15 is 0 Å². The fourth-order valence-electron chi connectivity index (χ4n) is 2.18. The number of aryl methyl sites for hydroxylation is 1. The summed E-state index contributed by atoms with van der Waals surface area (Å²) in [5.41, 5.74) is 1.55. The van der Waals surface area contributed by atoms with Crippen molar-refractivity contribution >= 4 is 29.4 Å². The molecule has 0 bridgehead atoms. The topological polar surface area (TPSA) is 49.4 Å². The number of amides is 3. The van der Waals surface area contributed by atoms with E-state index in [4.69, 9.17) is 0 Å². The van der Waals surface area contributed by atoms with Crippen molar-refractivity contribution in [2.75, 3.05) is 0 Å². The number of hydrogen-bond acceptors (Lipinski definition) is 3. The molecule has 0 unspecified atom stereocenters. The summed E-state index contributed by atoms with van der Waals surface area (Å²) in [5, 5.41) is 4.46. The molecule has 0 aliphatic carbocycles. The standard InChI is InChI=1S/C16H13FN2O2S/c1-10-6-7-22-14(10)8-13-15(20)19(16(21)18-13)9-11-4-2-3-5-12(11)17/h2-8H,9H2,1H3,(H,18,21). The zero-order valence-electron chi connectivity index (χ0n) is 11.8. The third kappa shape index (κ3) is 2.65. The number of rotatable bonds is 3. The quantitative estimate of drug-likeness (QED) is 0.698. The van der Waals surface area contributed by atoms with E-state index in [1.165, 1.54) is 17.4 Å². The van der Waals surface area contributed by atoms with Crippen LogP contribution in [0.1, 0.15) is 16.0 Å². The Balaban J connectivity index is 1.85. The predicted octanol–water partition coefficient (Wildman–Crippen LogP) is 3.29. The summed E-state index contributed by atoms with van der Waals surface area (Å²) in [6.45, 7) is 1.85. The van der Waals surface area contributed by atoms with Gasteiger partial charge in [0.25, 0.3) is 5.91 Å². The molecule has 2 aromatic rings. The Morgan fingerprint density at radius 1 is 1.27 bits per heavy atom. The summed E-state index contributed by atoms with van der Waals surface area (Å²) in [5.74, 6) is -0.879. The fourth-order valence-corrected chi connectivity index (χ4v) is 3.03. The number of hydrogen-bond donors (Lipinski definition) is 1. The molecular formula is C16H13FN2O2S. The second kappa shape index (κ2) is 5.73. The number of thiophene rings is 1. The Hall–Kier alpha value is -2.47. The predicted molar refractivity (Wildman–Crippen MR) is 82.5 cm³/mol. The first-order chi connectivity index (χ1) is 10.6. The second-order valence-electron chi connectivity index (χ2n) is 4.94. The largest absolute Gasteiger partial charge is 0.329 e. The van der Waals surface area contributed by atoms with Crippen molar-refractivity contribution in [1.82, 2.24) is 10.2 Å². The highest BCUT2D eigenvalue weighted by atomic mass is 32.1. The summed E-state index contributed by atoms with van der Waals surface area (Å²) in [6, 6.07) is 7.50. The smallest absolute Gasteiger partial charge is 0.303 e. The lowest BCUT2D eigenvalue weighted by atomic mass is 10.2. The Morgan fingerprint density at radius 2 is 2.05 bits per heavy atom. The van der Waals surface area contributed by atoms with Crippen molar-refractivity contribution < 1.29 is 14.0 Å². The zero-order valence-corrected chi connectivity index (χ0v) is 12.6. The van der Waals surface area contributed by atoms with Gasteiger partial charge in [-0.15, -0.1) is 11.3 Å². The summed E-state index contributed by atoms with van der Waals surface area (Å²) in [6.07, 6.45) is 1.65. The summed E-state index contributed by atoms with van der Waals surface area (Å²) in [4.78, 5) is 26.2. The number of carbonyl (C=O) groups is 2. The molecule has 1 N–H and O–H groups in total. The minimum Gasteiger partial charge on any atom is -0.303 e. The van der Waals surface area contributed by atoms with Gasteiger partial charge in [-0.3, -0.25) is 9.69 Å². The van der Waals surface area contributed by atoms with Crippen LogP contribution in [-0.2, 0) is 11.3 Å². The minimum atomic E-state index is -0.534. The number of urea groups is 1. The molecular weight excluding hydrogens is 303 g/mol. The molecule has 0 radical (unpaired) electrons. The van der Waals surface area contributed by atoms with Crippen LogP contribution in [0.15, 0.2) is 41.4 Å². The van der Waals surface area contributed by atoms with Crippen LogP contribution in [0.4, 0.5) is 9.18 Å². The summed E-state index contributed by atoms with van der Waals surface area (Å²) in [7, 11) is 0. The van der Waals surface area contributed by atoms with Crippen LogP contribution in [0.3, 0.4) is 0 Å². The fraction of sp³-hybridized carbons (Fsp3) is 0.125. The molecule has 1 fully saturated rings. The van der Waals surface area contributed by atoms with E-state index in [1.807, 2.05) is 18.4 Å². The van der Waals surface area contributed by atoms with E-state index in [-0.39, 0.29) is 12.2 Å². The van der Waals surface area contributed by atoms with Crippen LogP contribution in [-0.4, -0.2) is 16.8 Å². The highest BCUT2D eigenvalue weighted by molar-refractivity contribution is 7.11. The Kier molecular flexibility index (Phi) is 3.77. The number of halogens is 1. The van der Waals surface area contributed by atoms with Crippen LogP contribution in [0.2, 0.25) is 0 Å². The Bertz CT molecular complexity index is 782. The van der Waals surface area contributed by atoms with Gasteiger partial charge < -0.3 is 5.32 Å². The van der Waals surface area contributed by atoms with Gasteiger partial charge in [0.15, 0.2) is 0 Å². The van der Waals surface area contributed by atoms with Crippen molar-refractivity contribution in [3.8, 4) is 0 Å². The van der Waals surface area contributed by atoms with E-state index in [0.717, 1.165) is 15.3 Å². The zero-order chi connectivity index (χ0) is 15.7. The second-order valence-corrected chi connectivity index (χ2v) is 5.89. The molecule has 1 aromatic carbocycles. The maximum atomic E-state index is 13.7. The molecule has 3 rings (SSSR count). The Morgan fingerprint density at radius 3 is 2.73 bits per heavy atom. The molecule has 3 amide bonds. The van der Waals surface area contributed by atoms with E-state index in [0.29, 0.717) is 5.56 Å². The van der Waals surface area contributed by atoms with Crippen LogP contribution in [0, 0.1) is 12.7 Å². The van der Waals surface area contributed by atoms with Crippen LogP contribution in [0.25, 0.3) is 6.08 Å². The van der Waals surface area contributed by atoms with Gasteiger partial charge in [-0.25, -0.2) is 9.18 Å². The number of imide groups is 1. The van der Waals surface area contributed by atoms with Gasteiger partial charge >= 0.3 is 6.03 Å². The third-order valence-electron chi connectivity index (χ3n) is 3.43. The average molecular weight is 316 g/mol. The lowest BCUT2D eigenvalue weighted by molar-refractivity contribution is -0.123. The molecule has 1 aliphatic heterocycles. The number of benzene rings is 1. The number of carbonyl (C=O) groups excluding carboxylic acids is 2. The van der Waals surface area contributed by atoms with Gasteiger partial charge in [-0.2, -0.15) is 0 Å². The van der Waals surface area contributed by atoms with Crippen LogP contribution >= 0.6 is 11.3 Å². The van der Waals surface area contributed by atoms with Crippen molar-refractivity contribution in [2.45, 2.75) is 13.5 Å². The van der Waals surface area contributed by atoms with E-state index < -0.39 is 17.8 Å². The maximum Gasteiger partial charge on any atom is 0.329 e. The van der Waals surface area contributed by atoms with Gasteiger partial charge in [0.2, 0.25) is 0 Å². The normalized spacial score (nSPS) is 16.5. The molecule has 0 saturated carbocycles. The van der Waals surface area contributed by atoms with E-state index in [2.05, 4.69) is 5.32 Å². The lowest BCUT2D eigenvalue weighted by Gasteiger charge is -2.12. The lowest BCUT2D eigenvalue weighted by Crippen LogP contribution is -2.30. The first-order valence-electron chi connectivity index (χ1n) is 6.68. The van der Waals surface area contributed by atoms with Gasteiger partial charge in [0.05, 0.1) is 6.54 Å². The van der Waals surface area contributed by atoms with Gasteiger partial charge in [-0.05, 0) is 36.1 Å². The van der Waals surface area contributed by atoms with Gasteiger partial charge in [0.1, 0.15) is 11.5 Å². The van der Waals surface area contributed by atoms with Crippen molar-refractivity contribution in [1.29, 1.82) is 0 Å². The first kappa shape index (κ1) is 14.5. The number of nitrogens with one attached hydrogen (secondary N) is 1. The molecule has 0 spiro atoms. The SMILES string of the molecule is Cc1ccsc1C=C1NC(=O)N(Cc2ccccc2F)C1=O. The van der Waals surface area contributed by atoms with Crippen LogP contribution < -0.4 is 5.32 Å². The molecule has 4 nitrogen and oxygen atoms in total. The number of nitrogens with zero attached hydrogens (tertiary/aromatic N) is 1. The summed E-state index contributed by atoms with van der Waals surface area (Å²) >= 11 is 1.49. The van der Waals surface area contributed by atoms with E-state index in [1.54, 1.807) is 24.3 Å². The molecule has 112 valence electrons. The van der Waals surface area contributed by atoms with Crippen molar-refractivity contribution in [3.05, 3.63) is 63.2 Å². The molecule has 22 heavy (non-hydrogen) atoms. The minimum absolute atomic E-state index is 0.0852. The third-order valence-corrected chi connectivity index (χ3v) is 4.39. The van der Waals surface area contributed by atoms with Crippen molar-refractivity contribution in [2.24, 2.45) is 0 Å². The molecule has 6 heteroatoms. The van der Waals surface area contributed by atoms with Gasteiger partial charge in [-0.1, -0.05) is 18.2 Å². The van der Waals surface area contributed by atoms with Gasteiger partial charge in [0, 0.05) is 10.4 Å². The van der Waals surface area contributed by atoms with Crippen LogP contribution in [0.5, 0.6) is 0 Å². The first-order valence-corrected chi connectivity index (χ1v) is 7.56. The summed E-state index contributed by atoms with van der Waals surface area (Å²) < 4.78 is 13.7. The highest BCUT2D eigenvalue weighted by Gasteiger charge is 2.34. The monoisotopic (exact) mass is 316 g/mol. The van der Waals surface area contributed by atoms with E-state index in [9.17, 15) is 14.0 Å². The Labute approximate surface area is 130 Å².